The van der Waals surface area contributed by atoms with Crippen molar-refractivity contribution in [3.63, 3.8) is 0 Å². The molecule has 2 aliphatic carbocycles. The van der Waals surface area contributed by atoms with Crippen LogP contribution in [0.25, 0.3) is 11.1 Å². The zero-order valence-electron chi connectivity index (χ0n) is 30.8. The summed E-state index contributed by atoms with van der Waals surface area (Å²) in [6, 6.07) is 15.4. The fraction of sp³-hybridized carbons (Fsp3) is 0.585. The van der Waals surface area contributed by atoms with Crippen LogP contribution in [0.3, 0.4) is 0 Å². The van der Waals surface area contributed by atoms with Crippen molar-refractivity contribution in [3.8, 4) is 16.9 Å². The first-order valence-electron chi connectivity index (χ1n) is 18.9. The molecule has 2 heterocycles. The summed E-state index contributed by atoms with van der Waals surface area (Å²) in [5, 5.41) is 7.68. The van der Waals surface area contributed by atoms with Gasteiger partial charge in [-0.05, 0) is 139 Å². The molecule has 1 aromatic heterocycles. The fourth-order valence-corrected chi connectivity index (χ4v) is 8.20. The van der Waals surface area contributed by atoms with Crippen molar-refractivity contribution in [2.75, 3.05) is 38.7 Å². The second-order valence-electron chi connectivity index (χ2n) is 15.3. The fourth-order valence-electron chi connectivity index (χ4n) is 8.20. The third-order valence-electron chi connectivity index (χ3n) is 11.4. The Morgan fingerprint density at radius 3 is 2.34 bits per heavy atom. The molecule has 3 fully saturated rings. The Hall–Kier alpha value is -3.85. The molecule has 0 atom stereocenters. The molecule has 1 N–H and O–H groups in total. The number of carbonyl (C=O) groups excluding carboxylic acids is 2. The lowest BCUT2D eigenvalue weighted by atomic mass is 9.78. The Morgan fingerprint density at radius 1 is 0.940 bits per heavy atom. The van der Waals surface area contributed by atoms with E-state index >= 15 is 0 Å². The molecule has 1 aliphatic heterocycles. The van der Waals surface area contributed by atoms with Crippen molar-refractivity contribution in [1.29, 1.82) is 0 Å². The van der Waals surface area contributed by atoms with E-state index in [0.29, 0.717) is 11.8 Å². The van der Waals surface area contributed by atoms with E-state index < -0.39 is 0 Å². The van der Waals surface area contributed by atoms with E-state index in [-0.39, 0.29) is 36.1 Å². The Bertz CT molecular complexity index is 1580. The highest BCUT2D eigenvalue weighted by Gasteiger charge is 2.34. The van der Waals surface area contributed by atoms with Crippen molar-refractivity contribution in [2.24, 2.45) is 11.8 Å². The third-order valence-corrected chi connectivity index (χ3v) is 11.4. The van der Waals surface area contributed by atoms with Crippen LogP contribution in [0.2, 0.25) is 0 Å². The maximum atomic E-state index is 14.5. The number of benzene rings is 2. The number of hydrogen-bond donors (Lipinski definition) is 1. The number of nitrogens with zero attached hydrogens (tertiary/aromatic N) is 4. The lowest BCUT2D eigenvalue weighted by Gasteiger charge is -2.36. The van der Waals surface area contributed by atoms with E-state index in [0.717, 1.165) is 106 Å². The molecular weight excluding hydrogens is 626 g/mol. The number of carbonyl (C=O) groups is 2. The molecule has 6 rings (SSSR count). The van der Waals surface area contributed by atoms with E-state index in [9.17, 15) is 9.59 Å². The van der Waals surface area contributed by atoms with Crippen LogP contribution in [-0.2, 0) is 9.53 Å². The molecule has 2 saturated carbocycles. The number of alkyl carbamates (subject to hydrolysis) is 1. The highest BCUT2D eigenvalue weighted by Crippen LogP contribution is 2.39. The van der Waals surface area contributed by atoms with Crippen LogP contribution in [0.15, 0.2) is 54.9 Å². The number of amides is 2. The largest absolute Gasteiger partial charge is 0.496 e. The Kier molecular flexibility index (Phi) is 11.8. The Morgan fingerprint density at radius 2 is 1.68 bits per heavy atom. The van der Waals surface area contributed by atoms with Gasteiger partial charge in [-0.1, -0.05) is 24.3 Å². The lowest BCUT2D eigenvalue weighted by Crippen LogP contribution is -2.45. The summed E-state index contributed by atoms with van der Waals surface area (Å²) in [5.74, 6) is 2.06. The zero-order chi connectivity index (χ0) is 35.2. The summed E-state index contributed by atoms with van der Waals surface area (Å²) in [6.45, 7) is 9.00. The first kappa shape index (κ1) is 36.0. The highest BCUT2D eigenvalue weighted by atomic mass is 16.6. The monoisotopic (exact) mass is 683 g/mol. The normalized spacial score (nSPS) is 23.4. The number of likely N-dealkylation sites (tertiary alicyclic amines) is 1. The third kappa shape index (κ3) is 8.89. The van der Waals surface area contributed by atoms with Crippen LogP contribution in [-0.4, -0.2) is 72.6 Å². The predicted molar refractivity (Wildman–Crippen MR) is 199 cm³/mol. The molecule has 0 unspecified atom stereocenters. The molecule has 0 bridgehead atoms. The first-order chi connectivity index (χ1) is 24.2. The number of aryl methyl sites for hydroxylation is 1. The minimum absolute atomic E-state index is 0.0106. The number of piperidine rings is 1. The van der Waals surface area contributed by atoms with Crippen LogP contribution < -0.4 is 15.0 Å². The summed E-state index contributed by atoms with van der Waals surface area (Å²) in [5.41, 5.74) is 5.66. The quantitative estimate of drug-likeness (QED) is 0.232. The number of rotatable bonds is 10. The van der Waals surface area contributed by atoms with E-state index in [1.54, 1.807) is 7.11 Å². The van der Waals surface area contributed by atoms with E-state index in [4.69, 9.17) is 9.47 Å². The van der Waals surface area contributed by atoms with Gasteiger partial charge in [0, 0.05) is 55.1 Å². The van der Waals surface area contributed by atoms with Gasteiger partial charge in [0.25, 0.3) is 0 Å². The summed E-state index contributed by atoms with van der Waals surface area (Å²) in [4.78, 5) is 31.6. The summed E-state index contributed by atoms with van der Waals surface area (Å²) < 4.78 is 13.2. The van der Waals surface area contributed by atoms with Gasteiger partial charge in [0.05, 0.1) is 13.3 Å². The summed E-state index contributed by atoms with van der Waals surface area (Å²) in [7, 11) is 3.83. The van der Waals surface area contributed by atoms with Gasteiger partial charge in [0.15, 0.2) is 0 Å². The van der Waals surface area contributed by atoms with Crippen LogP contribution >= 0.6 is 0 Å². The van der Waals surface area contributed by atoms with Gasteiger partial charge in [-0.2, -0.15) is 5.10 Å². The van der Waals surface area contributed by atoms with Crippen molar-refractivity contribution >= 4 is 17.7 Å². The van der Waals surface area contributed by atoms with Gasteiger partial charge in [0.2, 0.25) is 5.91 Å². The van der Waals surface area contributed by atoms with Gasteiger partial charge in [-0.15, -0.1) is 0 Å². The average Bonchev–Trinajstić information content (AvgIpc) is 3.63. The number of aromatic nitrogens is 2. The summed E-state index contributed by atoms with van der Waals surface area (Å²) in [6.07, 6.45) is 13.0. The van der Waals surface area contributed by atoms with E-state index in [1.807, 2.05) is 10.9 Å². The maximum absolute atomic E-state index is 14.5. The lowest BCUT2D eigenvalue weighted by molar-refractivity contribution is -0.123. The minimum atomic E-state index is -0.311. The van der Waals surface area contributed by atoms with Crippen LogP contribution in [0.1, 0.15) is 101 Å². The number of ether oxygens (including phenoxy) is 2. The minimum Gasteiger partial charge on any atom is -0.496 e. The summed E-state index contributed by atoms with van der Waals surface area (Å²) >= 11 is 0. The molecule has 0 spiro atoms. The van der Waals surface area contributed by atoms with Crippen LogP contribution in [0.4, 0.5) is 10.5 Å². The molecule has 50 heavy (non-hydrogen) atoms. The van der Waals surface area contributed by atoms with Crippen molar-refractivity contribution in [1.82, 2.24) is 20.0 Å². The van der Waals surface area contributed by atoms with Gasteiger partial charge < -0.3 is 24.6 Å². The Balaban J connectivity index is 1.12. The van der Waals surface area contributed by atoms with Gasteiger partial charge in [-0.25, -0.2) is 4.79 Å². The molecule has 1 saturated heterocycles. The standard InChI is InChI=1S/C41H57N5O4/c1-28(2)46-27-35(25-42-46)33-7-6-8-37(24-33)45(26-30-9-11-31(12-10-30)34-15-18-39(49-5)29(3)23-34)40(47)32-13-16-36(17-14-32)43-41(48)50-38-19-21-44(4)22-20-38/h6-8,15,18,23-25,27-28,30-32,36,38H,9-14,16-17,19-22,26H2,1-5H3,(H,43,48). The number of anilines is 1. The average molecular weight is 684 g/mol. The predicted octanol–water partition coefficient (Wildman–Crippen LogP) is 8.13. The Labute approximate surface area is 298 Å². The highest BCUT2D eigenvalue weighted by molar-refractivity contribution is 5.95. The van der Waals surface area contributed by atoms with Gasteiger partial charge >= 0.3 is 6.09 Å². The SMILES string of the molecule is COc1ccc(C2CCC(CN(C(=O)C3CCC(NC(=O)OC4CCN(C)CC4)CC3)c3cccc(-c4cnn(C(C)C)c4)c3)CC2)cc1C. The van der Waals surface area contributed by atoms with Crippen molar-refractivity contribution in [3.05, 3.63) is 66.0 Å². The molecule has 3 aliphatic rings. The molecule has 3 aromatic rings. The molecule has 270 valence electrons. The smallest absolute Gasteiger partial charge is 0.407 e. The second-order valence-corrected chi connectivity index (χ2v) is 15.3. The second kappa shape index (κ2) is 16.4. The maximum Gasteiger partial charge on any atom is 0.407 e. The molecule has 2 aromatic carbocycles. The van der Waals surface area contributed by atoms with Crippen LogP contribution in [0, 0.1) is 18.8 Å². The topological polar surface area (TPSA) is 88.9 Å². The first-order valence-corrected chi connectivity index (χ1v) is 18.9. The molecule has 2 amide bonds. The zero-order valence-corrected chi connectivity index (χ0v) is 30.8. The van der Waals surface area contributed by atoms with E-state index in [1.165, 1.54) is 11.1 Å². The number of hydrogen-bond acceptors (Lipinski definition) is 6. The van der Waals surface area contributed by atoms with Gasteiger partial charge in [0.1, 0.15) is 11.9 Å². The molecule has 9 heteroatoms. The number of nitrogens with one attached hydrogen (secondary N) is 1. The van der Waals surface area contributed by atoms with E-state index in [2.05, 4.69) is 96.7 Å². The van der Waals surface area contributed by atoms with Crippen molar-refractivity contribution < 1.29 is 19.1 Å². The van der Waals surface area contributed by atoms with Crippen molar-refractivity contribution in [2.45, 2.75) is 109 Å². The molecular formula is C41H57N5O4. The molecule has 0 radical (unpaired) electrons. The molecule has 9 nitrogen and oxygen atoms in total. The van der Waals surface area contributed by atoms with Crippen LogP contribution in [0.5, 0.6) is 5.75 Å². The van der Waals surface area contributed by atoms with Gasteiger partial charge in [-0.3, -0.25) is 9.48 Å². The number of methoxy groups -OCH3 is 1.